The van der Waals surface area contributed by atoms with Gasteiger partial charge in [0.05, 0.1) is 0 Å². The van der Waals surface area contributed by atoms with Crippen molar-refractivity contribution in [1.82, 2.24) is 0 Å². The van der Waals surface area contributed by atoms with Gasteiger partial charge in [-0.2, -0.15) is 0 Å². The van der Waals surface area contributed by atoms with E-state index < -0.39 is 0 Å². The first-order valence-corrected chi connectivity index (χ1v) is 5.83. The average molecular weight is 188 g/mol. The van der Waals surface area contributed by atoms with Crippen LogP contribution in [0.15, 0.2) is 0 Å². The van der Waals surface area contributed by atoms with Gasteiger partial charge in [0.25, 0.3) is 0 Å². The first-order chi connectivity index (χ1) is 6.22. The lowest BCUT2D eigenvalue weighted by Crippen LogP contribution is -2.12. The van der Waals surface area contributed by atoms with Crippen LogP contribution in [0.5, 0.6) is 0 Å². The molecule has 13 heavy (non-hydrogen) atoms. The lowest BCUT2D eigenvalue weighted by Gasteiger charge is -2.24. The van der Waals surface area contributed by atoms with Crippen LogP contribution < -0.4 is 0 Å². The van der Waals surface area contributed by atoms with E-state index in [1.807, 2.05) is 13.8 Å². The van der Waals surface area contributed by atoms with E-state index in [0.29, 0.717) is 0 Å². The largest absolute Gasteiger partial charge is 0.397 e. The van der Waals surface area contributed by atoms with Crippen LogP contribution in [0.1, 0.15) is 60.3 Å². The third-order valence-electron chi connectivity index (χ3n) is 2.54. The van der Waals surface area contributed by atoms with Crippen molar-refractivity contribution in [2.24, 2.45) is 11.8 Å². The molecule has 0 aliphatic heterocycles. The number of hydrogen-bond acceptors (Lipinski definition) is 1. The van der Waals surface area contributed by atoms with Crippen LogP contribution in [0.25, 0.3) is 0 Å². The van der Waals surface area contributed by atoms with E-state index in [4.69, 9.17) is 5.11 Å². The molecular formula is C12H28O. The zero-order valence-electron chi connectivity index (χ0n) is 10.1. The zero-order chi connectivity index (χ0) is 10.7. The SMILES string of the molecule is CC.CC1CCCCC1C.CCO. The normalized spacial score (nSPS) is 26.3. The fourth-order valence-corrected chi connectivity index (χ4v) is 1.50. The third-order valence-corrected chi connectivity index (χ3v) is 2.54. The first-order valence-electron chi connectivity index (χ1n) is 5.83. The molecule has 1 aliphatic carbocycles. The van der Waals surface area contributed by atoms with Crippen molar-refractivity contribution >= 4 is 0 Å². The van der Waals surface area contributed by atoms with Gasteiger partial charge < -0.3 is 5.11 Å². The highest BCUT2D eigenvalue weighted by Gasteiger charge is 2.15. The minimum Gasteiger partial charge on any atom is -0.397 e. The van der Waals surface area contributed by atoms with Gasteiger partial charge in [0, 0.05) is 6.61 Å². The van der Waals surface area contributed by atoms with Gasteiger partial charge in [0.1, 0.15) is 0 Å². The Balaban J connectivity index is 0. The molecule has 0 spiro atoms. The smallest absolute Gasteiger partial charge is 0.0402 e. The summed E-state index contributed by atoms with van der Waals surface area (Å²) in [5.41, 5.74) is 0. The molecule has 1 heteroatoms. The molecule has 1 aliphatic rings. The molecular weight excluding hydrogens is 160 g/mol. The minimum atomic E-state index is 0.250. The molecule has 1 rings (SSSR count). The van der Waals surface area contributed by atoms with Crippen LogP contribution in [0.2, 0.25) is 0 Å². The zero-order valence-corrected chi connectivity index (χ0v) is 10.1. The Morgan fingerprint density at radius 2 is 1.23 bits per heavy atom. The van der Waals surface area contributed by atoms with Gasteiger partial charge in [-0.05, 0) is 18.8 Å². The number of aliphatic hydroxyl groups is 1. The van der Waals surface area contributed by atoms with Crippen molar-refractivity contribution < 1.29 is 5.11 Å². The maximum atomic E-state index is 7.57. The van der Waals surface area contributed by atoms with Crippen molar-refractivity contribution in [2.75, 3.05) is 6.61 Å². The number of aliphatic hydroxyl groups excluding tert-OH is 1. The van der Waals surface area contributed by atoms with Gasteiger partial charge in [-0.3, -0.25) is 0 Å². The Kier molecular flexibility index (Phi) is 14.2. The predicted molar refractivity (Wildman–Crippen MR) is 60.9 cm³/mol. The molecule has 2 atom stereocenters. The molecule has 0 amide bonds. The standard InChI is InChI=1S/C8H16.C2H6O.C2H6/c1-7-5-3-4-6-8(7)2;1-2-3;1-2/h7-8H,3-6H2,1-2H3;3H,2H2,1H3;1-2H3. The third kappa shape index (κ3) is 9.88. The number of hydrogen-bond donors (Lipinski definition) is 1. The topological polar surface area (TPSA) is 20.2 Å². The first kappa shape index (κ1) is 15.4. The molecule has 0 aromatic rings. The maximum Gasteiger partial charge on any atom is 0.0402 e. The van der Waals surface area contributed by atoms with E-state index in [9.17, 15) is 0 Å². The highest BCUT2D eigenvalue weighted by Crippen LogP contribution is 2.28. The molecule has 1 fully saturated rings. The second kappa shape index (κ2) is 12.0. The van der Waals surface area contributed by atoms with E-state index in [1.54, 1.807) is 6.92 Å². The summed E-state index contributed by atoms with van der Waals surface area (Å²) < 4.78 is 0. The summed E-state index contributed by atoms with van der Waals surface area (Å²) in [5.74, 6) is 2.01. The second-order valence-corrected chi connectivity index (χ2v) is 3.56. The minimum absolute atomic E-state index is 0.250. The van der Waals surface area contributed by atoms with Crippen molar-refractivity contribution in [3.8, 4) is 0 Å². The van der Waals surface area contributed by atoms with Gasteiger partial charge in [-0.25, -0.2) is 0 Å². The highest BCUT2D eigenvalue weighted by molar-refractivity contribution is 4.67. The molecule has 0 radical (unpaired) electrons. The van der Waals surface area contributed by atoms with Crippen LogP contribution in [-0.2, 0) is 0 Å². The molecule has 0 bridgehead atoms. The van der Waals surface area contributed by atoms with Gasteiger partial charge >= 0.3 is 0 Å². The molecule has 0 saturated heterocycles. The van der Waals surface area contributed by atoms with Crippen molar-refractivity contribution in [3.05, 3.63) is 0 Å². The van der Waals surface area contributed by atoms with Gasteiger partial charge in [0.15, 0.2) is 0 Å². The van der Waals surface area contributed by atoms with Crippen LogP contribution in [-0.4, -0.2) is 11.7 Å². The van der Waals surface area contributed by atoms with E-state index in [2.05, 4.69) is 13.8 Å². The van der Waals surface area contributed by atoms with Crippen LogP contribution in [0.4, 0.5) is 0 Å². The monoisotopic (exact) mass is 188 g/mol. The predicted octanol–water partition coefficient (Wildman–Crippen LogP) is 3.86. The highest BCUT2D eigenvalue weighted by atomic mass is 16.2. The summed E-state index contributed by atoms with van der Waals surface area (Å²) in [6, 6.07) is 0. The fourth-order valence-electron chi connectivity index (χ4n) is 1.50. The Labute approximate surface area is 84.6 Å². The molecule has 0 heterocycles. The van der Waals surface area contributed by atoms with Crippen LogP contribution in [0.3, 0.4) is 0 Å². The lowest BCUT2D eigenvalue weighted by molar-refractivity contribution is 0.277. The van der Waals surface area contributed by atoms with Crippen molar-refractivity contribution in [2.45, 2.75) is 60.3 Å². The Morgan fingerprint density at radius 1 is 1.00 bits per heavy atom. The summed E-state index contributed by atoms with van der Waals surface area (Å²) in [6.45, 7) is 10.7. The van der Waals surface area contributed by atoms with E-state index in [1.165, 1.54) is 25.7 Å². The molecule has 2 unspecified atom stereocenters. The van der Waals surface area contributed by atoms with Crippen molar-refractivity contribution in [1.29, 1.82) is 0 Å². The molecule has 0 aromatic heterocycles. The molecule has 82 valence electrons. The summed E-state index contributed by atoms with van der Waals surface area (Å²) in [7, 11) is 0. The Morgan fingerprint density at radius 3 is 1.38 bits per heavy atom. The average Bonchev–Trinajstić information content (AvgIpc) is 2.15. The van der Waals surface area contributed by atoms with Crippen LogP contribution >= 0.6 is 0 Å². The molecule has 1 N–H and O–H groups in total. The fraction of sp³-hybridized carbons (Fsp3) is 1.00. The van der Waals surface area contributed by atoms with E-state index >= 15 is 0 Å². The van der Waals surface area contributed by atoms with E-state index in [0.717, 1.165) is 11.8 Å². The second-order valence-electron chi connectivity index (χ2n) is 3.56. The Hall–Kier alpha value is -0.0400. The number of rotatable bonds is 0. The van der Waals surface area contributed by atoms with Gasteiger partial charge in [0.2, 0.25) is 0 Å². The lowest BCUT2D eigenvalue weighted by atomic mass is 9.82. The van der Waals surface area contributed by atoms with Gasteiger partial charge in [-0.1, -0.05) is 53.4 Å². The van der Waals surface area contributed by atoms with Gasteiger partial charge in [-0.15, -0.1) is 0 Å². The summed E-state index contributed by atoms with van der Waals surface area (Å²) in [6.07, 6.45) is 5.90. The summed E-state index contributed by atoms with van der Waals surface area (Å²) in [5, 5.41) is 7.57. The summed E-state index contributed by atoms with van der Waals surface area (Å²) in [4.78, 5) is 0. The van der Waals surface area contributed by atoms with Crippen molar-refractivity contribution in [3.63, 3.8) is 0 Å². The Bertz CT molecular complexity index is 71.2. The van der Waals surface area contributed by atoms with Crippen LogP contribution in [0, 0.1) is 11.8 Å². The quantitative estimate of drug-likeness (QED) is 0.612. The molecule has 0 aromatic carbocycles. The summed E-state index contributed by atoms with van der Waals surface area (Å²) >= 11 is 0. The molecule has 1 saturated carbocycles. The molecule has 1 nitrogen and oxygen atoms in total. The maximum absolute atomic E-state index is 7.57. The van der Waals surface area contributed by atoms with E-state index in [-0.39, 0.29) is 6.61 Å².